The molecule has 0 aromatic carbocycles. The molecule has 1 aromatic rings. The minimum Gasteiger partial charge on any atom is -0.382 e. The van der Waals surface area contributed by atoms with Crippen molar-refractivity contribution >= 4 is 40.0 Å². The molecular formula is C10H16N4OS2. The lowest BCUT2D eigenvalue weighted by Gasteiger charge is -2.18. The first-order valence-corrected chi connectivity index (χ1v) is 7.50. The summed E-state index contributed by atoms with van der Waals surface area (Å²) in [6, 6.07) is 0. The zero-order chi connectivity index (χ0) is 12.3. The standard InChI is InChI=1S/C10H16N4OS2/c1-12-10-13-8(11)7(17-10)9(15)14-3-2-5-16-6-4-14/h2-6,11H2,1H3,(H,12,13). The molecule has 0 saturated carbocycles. The van der Waals surface area contributed by atoms with Gasteiger partial charge in [0.25, 0.3) is 5.91 Å². The van der Waals surface area contributed by atoms with Crippen LogP contribution < -0.4 is 11.1 Å². The van der Waals surface area contributed by atoms with E-state index in [2.05, 4.69) is 10.3 Å². The van der Waals surface area contributed by atoms with E-state index in [1.165, 1.54) is 11.3 Å². The van der Waals surface area contributed by atoms with Gasteiger partial charge in [0.1, 0.15) is 10.7 Å². The predicted octanol–water partition coefficient (Wildman–Crippen LogP) is 1.35. The van der Waals surface area contributed by atoms with Crippen molar-refractivity contribution in [2.24, 2.45) is 0 Å². The lowest BCUT2D eigenvalue weighted by molar-refractivity contribution is 0.0774. The Labute approximate surface area is 109 Å². The molecule has 5 nitrogen and oxygen atoms in total. The Bertz CT molecular complexity index is 399. The zero-order valence-corrected chi connectivity index (χ0v) is 11.4. The van der Waals surface area contributed by atoms with Gasteiger partial charge in [0.05, 0.1) is 0 Å². The van der Waals surface area contributed by atoms with Gasteiger partial charge in [-0.05, 0) is 12.2 Å². The maximum atomic E-state index is 12.3. The van der Waals surface area contributed by atoms with E-state index in [1.807, 2.05) is 16.7 Å². The topological polar surface area (TPSA) is 71.2 Å². The Morgan fingerprint density at radius 1 is 1.47 bits per heavy atom. The molecule has 0 atom stereocenters. The number of nitrogen functional groups attached to an aromatic ring is 1. The summed E-state index contributed by atoms with van der Waals surface area (Å²) in [5.41, 5.74) is 5.77. The van der Waals surface area contributed by atoms with Crippen LogP contribution in [0.2, 0.25) is 0 Å². The number of carbonyl (C=O) groups excluding carboxylic acids is 1. The van der Waals surface area contributed by atoms with Gasteiger partial charge in [-0.25, -0.2) is 4.98 Å². The molecule has 2 rings (SSSR count). The Kier molecular flexibility index (Phi) is 4.11. The summed E-state index contributed by atoms with van der Waals surface area (Å²) in [6.45, 7) is 1.62. The van der Waals surface area contributed by atoms with Crippen molar-refractivity contribution in [3.05, 3.63) is 4.88 Å². The van der Waals surface area contributed by atoms with Crippen molar-refractivity contribution in [3.8, 4) is 0 Å². The number of amides is 1. The van der Waals surface area contributed by atoms with Crippen LogP contribution in [0.15, 0.2) is 0 Å². The molecule has 3 N–H and O–H groups in total. The minimum absolute atomic E-state index is 0.0176. The summed E-state index contributed by atoms with van der Waals surface area (Å²) in [4.78, 5) is 18.8. The van der Waals surface area contributed by atoms with Gasteiger partial charge in [0.15, 0.2) is 5.13 Å². The highest BCUT2D eigenvalue weighted by molar-refractivity contribution is 7.99. The van der Waals surface area contributed by atoms with E-state index in [1.54, 1.807) is 7.05 Å². The minimum atomic E-state index is 0.0176. The molecular weight excluding hydrogens is 256 g/mol. The van der Waals surface area contributed by atoms with Crippen LogP contribution in [0.4, 0.5) is 10.9 Å². The predicted molar refractivity (Wildman–Crippen MR) is 73.9 cm³/mol. The third-order valence-corrected chi connectivity index (χ3v) is 4.70. The number of rotatable bonds is 2. The van der Waals surface area contributed by atoms with Gasteiger partial charge in [-0.2, -0.15) is 11.8 Å². The van der Waals surface area contributed by atoms with Crippen molar-refractivity contribution in [3.63, 3.8) is 0 Å². The Morgan fingerprint density at radius 2 is 2.29 bits per heavy atom. The highest BCUT2D eigenvalue weighted by atomic mass is 32.2. The monoisotopic (exact) mass is 272 g/mol. The first kappa shape index (κ1) is 12.5. The second kappa shape index (κ2) is 5.59. The summed E-state index contributed by atoms with van der Waals surface area (Å²) >= 11 is 3.22. The van der Waals surface area contributed by atoms with Gasteiger partial charge in [-0.3, -0.25) is 4.79 Å². The summed E-state index contributed by atoms with van der Waals surface area (Å²) in [7, 11) is 1.77. The van der Waals surface area contributed by atoms with E-state index in [0.717, 1.165) is 31.0 Å². The van der Waals surface area contributed by atoms with Gasteiger partial charge < -0.3 is 16.0 Å². The third kappa shape index (κ3) is 2.84. The summed E-state index contributed by atoms with van der Waals surface area (Å²) in [5.74, 6) is 2.48. The number of nitrogens with zero attached hydrogens (tertiary/aromatic N) is 2. The van der Waals surface area contributed by atoms with Gasteiger partial charge in [0.2, 0.25) is 0 Å². The second-order valence-corrected chi connectivity index (χ2v) is 5.97. The number of thioether (sulfide) groups is 1. The van der Waals surface area contributed by atoms with E-state index in [0.29, 0.717) is 15.8 Å². The highest BCUT2D eigenvalue weighted by Crippen LogP contribution is 2.26. The van der Waals surface area contributed by atoms with Crippen molar-refractivity contribution in [2.45, 2.75) is 6.42 Å². The molecule has 2 heterocycles. The van der Waals surface area contributed by atoms with E-state index >= 15 is 0 Å². The number of anilines is 2. The smallest absolute Gasteiger partial charge is 0.267 e. The molecule has 0 spiro atoms. The molecule has 1 fully saturated rings. The maximum absolute atomic E-state index is 12.3. The first-order valence-electron chi connectivity index (χ1n) is 5.53. The summed E-state index contributed by atoms with van der Waals surface area (Å²) in [6.07, 6.45) is 1.05. The fraction of sp³-hybridized carbons (Fsp3) is 0.600. The molecule has 1 aromatic heterocycles. The lowest BCUT2D eigenvalue weighted by Crippen LogP contribution is -2.32. The average Bonchev–Trinajstić information content (AvgIpc) is 2.56. The van der Waals surface area contributed by atoms with Gasteiger partial charge in [0, 0.05) is 25.9 Å². The fourth-order valence-corrected chi connectivity index (χ4v) is 3.38. The average molecular weight is 272 g/mol. The molecule has 1 saturated heterocycles. The van der Waals surface area contributed by atoms with Crippen molar-refractivity contribution in [1.82, 2.24) is 9.88 Å². The second-order valence-electron chi connectivity index (χ2n) is 3.74. The van der Waals surface area contributed by atoms with Crippen LogP contribution in [-0.2, 0) is 0 Å². The van der Waals surface area contributed by atoms with E-state index in [4.69, 9.17) is 5.73 Å². The van der Waals surface area contributed by atoms with Gasteiger partial charge in [-0.15, -0.1) is 0 Å². The fourth-order valence-electron chi connectivity index (χ4n) is 1.68. The number of carbonyl (C=O) groups is 1. The summed E-state index contributed by atoms with van der Waals surface area (Å²) in [5, 5.41) is 3.60. The number of hydrogen-bond donors (Lipinski definition) is 2. The molecule has 0 radical (unpaired) electrons. The van der Waals surface area contributed by atoms with E-state index < -0.39 is 0 Å². The first-order chi connectivity index (χ1) is 8.22. The zero-order valence-electron chi connectivity index (χ0n) is 9.73. The quantitative estimate of drug-likeness (QED) is 0.850. The van der Waals surface area contributed by atoms with Crippen LogP contribution >= 0.6 is 23.1 Å². The number of nitrogens with two attached hydrogens (primary N) is 1. The van der Waals surface area contributed by atoms with Crippen molar-refractivity contribution < 1.29 is 4.79 Å². The SMILES string of the molecule is CNc1nc(N)c(C(=O)N2CCCSCC2)s1. The maximum Gasteiger partial charge on any atom is 0.267 e. The number of thiazole rings is 1. The van der Waals surface area contributed by atoms with Crippen molar-refractivity contribution in [1.29, 1.82) is 0 Å². The third-order valence-electron chi connectivity index (χ3n) is 2.57. The van der Waals surface area contributed by atoms with Gasteiger partial charge >= 0.3 is 0 Å². The van der Waals surface area contributed by atoms with Crippen LogP contribution in [0, 0.1) is 0 Å². The Hall–Kier alpha value is -0.950. The normalized spacial score (nSPS) is 16.6. The molecule has 1 aliphatic heterocycles. The van der Waals surface area contributed by atoms with Gasteiger partial charge in [-0.1, -0.05) is 11.3 Å². The number of nitrogens with one attached hydrogen (secondary N) is 1. The molecule has 0 aliphatic carbocycles. The molecule has 94 valence electrons. The number of aromatic nitrogens is 1. The molecule has 1 aliphatic rings. The summed E-state index contributed by atoms with van der Waals surface area (Å²) < 4.78 is 0. The van der Waals surface area contributed by atoms with Crippen molar-refractivity contribution in [2.75, 3.05) is 42.7 Å². The van der Waals surface area contributed by atoms with Crippen LogP contribution in [0.1, 0.15) is 16.1 Å². The van der Waals surface area contributed by atoms with Crippen LogP contribution in [0.5, 0.6) is 0 Å². The van der Waals surface area contributed by atoms with E-state index in [-0.39, 0.29) is 5.91 Å². The largest absolute Gasteiger partial charge is 0.382 e. The molecule has 0 unspecified atom stereocenters. The van der Waals surface area contributed by atoms with E-state index in [9.17, 15) is 4.79 Å². The van der Waals surface area contributed by atoms with Crippen LogP contribution in [0.3, 0.4) is 0 Å². The Balaban J connectivity index is 2.14. The van der Waals surface area contributed by atoms with Crippen LogP contribution in [0.25, 0.3) is 0 Å². The van der Waals surface area contributed by atoms with Crippen LogP contribution in [-0.4, -0.2) is 47.4 Å². The Morgan fingerprint density at radius 3 is 3.00 bits per heavy atom. The molecule has 0 bridgehead atoms. The molecule has 17 heavy (non-hydrogen) atoms. The number of hydrogen-bond acceptors (Lipinski definition) is 6. The lowest BCUT2D eigenvalue weighted by atomic mass is 10.3. The highest BCUT2D eigenvalue weighted by Gasteiger charge is 2.22. The molecule has 7 heteroatoms. The molecule has 1 amide bonds.